The average Bonchev–Trinajstić information content (AvgIpc) is 1.61. The summed E-state index contributed by atoms with van der Waals surface area (Å²) < 4.78 is 0. The Balaban J connectivity index is -0.0000000300. The molecular weight excluding hydrogens is 198 g/mol. The Morgan fingerprint density at radius 1 is 1.78 bits per heavy atom. The van der Waals surface area contributed by atoms with Gasteiger partial charge in [-0.1, -0.05) is 13.0 Å². The summed E-state index contributed by atoms with van der Waals surface area (Å²) in [5.74, 6) is -0.873. The van der Waals surface area contributed by atoms with Gasteiger partial charge in [-0.25, -0.2) is 4.79 Å². The van der Waals surface area contributed by atoms with Gasteiger partial charge in [0.1, 0.15) is 0 Å². The third-order valence-electron chi connectivity index (χ3n) is 0.496. The number of hydrogen-bond donors (Lipinski definition) is 1. The van der Waals surface area contributed by atoms with Crippen molar-refractivity contribution in [1.82, 2.24) is 0 Å². The van der Waals surface area contributed by atoms with E-state index in [-0.39, 0.29) is 60.1 Å². The number of hydrogen-bond acceptors (Lipinski definition) is 1. The second-order valence-corrected chi connectivity index (χ2v) is 1.15. The molecule has 0 atom stereocenters. The van der Waals surface area contributed by atoms with Crippen LogP contribution in [0.25, 0.3) is 0 Å². The molecule has 0 spiro atoms. The first kappa shape index (κ1) is 16.6. The van der Waals surface area contributed by atoms with Crippen LogP contribution in [0.5, 0.6) is 0 Å². The summed E-state index contributed by atoms with van der Waals surface area (Å²) in [7, 11) is 0. The molecule has 1 N–H and O–H groups in total. The van der Waals surface area contributed by atoms with Gasteiger partial charge in [0.2, 0.25) is 0 Å². The van der Waals surface area contributed by atoms with Crippen LogP contribution < -0.4 is 0 Å². The van der Waals surface area contributed by atoms with E-state index < -0.39 is 5.97 Å². The molecule has 0 saturated carbocycles. The molecule has 46 valence electrons. The Labute approximate surface area is 100 Å². The minimum Gasteiger partial charge on any atom is -1.00 e. The van der Waals surface area contributed by atoms with Gasteiger partial charge in [-0.05, 0) is 6.42 Å². The van der Waals surface area contributed by atoms with E-state index in [0.717, 1.165) is 12.5 Å². The van der Waals surface area contributed by atoms with Crippen molar-refractivity contribution < 1.29 is 32.2 Å². The van der Waals surface area contributed by atoms with E-state index in [9.17, 15) is 4.79 Å². The second-order valence-electron chi connectivity index (χ2n) is 1.15. The SMILES string of the molecule is CCC=CC(=O)O.[Ca+2].[H-].[H-].[Zn]. The third-order valence-corrected chi connectivity index (χ3v) is 0.496. The molecule has 0 aromatic carbocycles. The standard InChI is InChI=1S/C5H8O2.Ca.Zn.2H/c1-2-3-4-5(6)7;;;;/h3-4H,2H2,1H3,(H,6,7);;;;/q;+2;;2*-1. The Morgan fingerprint density at radius 2 is 2.22 bits per heavy atom. The number of carbonyl (C=O) groups is 1. The maximum Gasteiger partial charge on any atom is 2.00 e. The van der Waals surface area contributed by atoms with E-state index in [2.05, 4.69) is 0 Å². The first-order valence-corrected chi connectivity index (χ1v) is 2.17. The van der Waals surface area contributed by atoms with Crippen molar-refractivity contribution in [3.05, 3.63) is 12.2 Å². The monoisotopic (exact) mass is 206 g/mol. The molecule has 0 fully saturated rings. The maximum absolute atomic E-state index is 9.67. The Bertz CT molecular complexity index is 100. The van der Waals surface area contributed by atoms with Gasteiger partial charge in [-0.2, -0.15) is 0 Å². The normalized spacial score (nSPS) is 7.67. The predicted octanol–water partition coefficient (Wildman–Crippen LogP) is 0.879. The van der Waals surface area contributed by atoms with E-state index >= 15 is 0 Å². The van der Waals surface area contributed by atoms with E-state index in [1.54, 1.807) is 6.08 Å². The predicted molar refractivity (Wildman–Crippen MR) is 35.0 cm³/mol. The second kappa shape index (κ2) is 11.8. The van der Waals surface area contributed by atoms with Gasteiger partial charge in [0, 0.05) is 25.6 Å². The zero-order valence-electron chi connectivity index (χ0n) is 7.63. The average molecular weight is 208 g/mol. The van der Waals surface area contributed by atoms with Gasteiger partial charge in [-0.15, -0.1) is 0 Å². The largest absolute Gasteiger partial charge is 2.00 e. The van der Waals surface area contributed by atoms with E-state index in [0.29, 0.717) is 0 Å². The van der Waals surface area contributed by atoms with Crippen LogP contribution in [0.3, 0.4) is 0 Å². The molecule has 0 rings (SSSR count). The molecule has 0 saturated heterocycles. The number of aliphatic carboxylic acids is 1. The van der Waals surface area contributed by atoms with Gasteiger partial charge >= 0.3 is 43.7 Å². The molecule has 0 aromatic heterocycles. The zero-order chi connectivity index (χ0) is 5.70. The van der Waals surface area contributed by atoms with Gasteiger partial charge in [-0.3, -0.25) is 0 Å². The van der Waals surface area contributed by atoms with Crippen molar-refractivity contribution in [2.45, 2.75) is 13.3 Å². The Morgan fingerprint density at radius 3 is 2.33 bits per heavy atom. The maximum atomic E-state index is 9.67. The molecule has 0 unspecified atom stereocenters. The van der Waals surface area contributed by atoms with Crippen molar-refractivity contribution in [3.63, 3.8) is 0 Å². The minimum absolute atomic E-state index is 0. The van der Waals surface area contributed by atoms with Crippen LogP contribution >= 0.6 is 0 Å². The third kappa shape index (κ3) is 17.6. The summed E-state index contributed by atoms with van der Waals surface area (Å²) in [5.41, 5.74) is 0. The van der Waals surface area contributed by atoms with Crippen LogP contribution in [0.2, 0.25) is 0 Å². The fourth-order valence-corrected chi connectivity index (χ4v) is 0.219. The minimum atomic E-state index is -0.873. The van der Waals surface area contributed by atoms with E-state index in [4.69, 9.17) is 5.11 Å². The van der Waals surface area contributed by atoms with Crippen LogP contribution in [0.15, 0.2) is 12.2 Å². The number of carboxylic acids is 1. The summed E-state index contributed by atoms with van der Waals surface area (Å²) in [5, 5.41) is 7.96. The molecule has 2 nitrogen and oxygen atoms in total. The van der Waals surface area contributed by atoms with Gasteiger partial charge in [0.05, 0.1) is 0 Å². The molecule has 0 aliphatic heterocycles. The summed E-state index contributed by atoms with van der Waals surface area (Å²) in [6, 6.07) is 0. The van der Waals surface area contributed by atoms with E-state index in [1.807, 2.05) is 6.92 Å². The quantitative estimate of drug-likeness (QED) is 0.539. The zero-order valence-corrected chi connectivity index (χ0v) is 10.8. The Kier molecular flexibility index (Phi) is 21.8. The molecule has 0 bridgehead atoms. The molecule has 0 amide bonds. The molecular formula is C5H10CaO2Zn. The fourth-order valence-electron chi connectivity index (χ4n) is 0.219. The van der Waals surface area contributed by atoms with Crippen LogP contribution in [0.1, 0.15) is 16.2 Å². The van der Waals surface area contributed by atoms with Crippen LogP contribution in [-0.2, 0) is 24.3 Å². The molecule has 0 aliphatic carbocycles. The van der Waals surface area contributed by atoms with Crippen molar-refractivity contribution >= 4 is 43.7 Å². The molecule has 4 heteroatoms. The Hall–Kier alpha value is 1.09. The van der Waals surface area contributed by atoms with Crippen LogP contribution in [0.4, 0.5) is 0 Å². The smallest absolute Gasteiger partial charge is 1.00 e. The molecule has 0 heterocycles. The molecule has 0 aromatic rings. The van der Waals surface area contributed by atoms with Gasteiger partial charge in [0.25, 0.3) is 0 Å². The molecule has 9 heavy (non-hydrogen) atoms. The van der Waals surface area contributed by atoms with Crippen molar-refractivity contribution in [3.8, 4) is 0 Å². The summed E-state index contributed by atoms with van der Waals surface area (Å²) in [4.78, 5) is 9.67. The van der Waals surface area contributed by atoms with E-state index in [1.165, 1.54) is 0 Å². The summed E-state index contributed by atoms with van der Waals surface area (Å²) >= 11 is 0. The molecule has 0 radical (unpaired) electrons. The molecule has 0 aliphatic rings. The van der Waals surface area contributed by atoms with Crippen molar-refractivity contribution in [2.75, 3.05) is 0 Å². The fraction of sp³-hybridized carbons (Fsp3) is 0.400. The number of carboxylic acid groups (broad SMARTS) is 1. The van der Waals surface area contributed by atoms with Crippen molar-refractivity contribution in [2.24, 2.45) is 0 Å². The topological polar surface area (TPSA) is 37.3 Å². The summed E-state index contributed by atoms with van der Waals surface area (Å²) in [6.45, 7) is 1.89. The first-order chi connectivity index (χ1) is 3.27. The summed E-state index contributed by atoms with van der Waals surface area (Å²) in [6.07, 6.45) is 3.52. The van der Waals surface area contributed by atoms with Gasteiger partial charge < -0.3 is 7.96 Å². The number of allylic oxidation sites excluding steroid dienone is 1. The first-order valence-electron chi connectivity index (χ1n) is 2.17. The van der Waals surface area contributed by atoms with Crippen molar-refractivity contribution in [1.29, 1.82) is 0 Å². The van der Waals surface area contributed by atoms with Gasteiger partial charge in [0.15, 0.2) is 0 Å². The van der Waals surface area contributed by atoms with Crippen LogP contribution in [0, 0.1) is 0 Å². The number of rotatable bonds is 2. The van der Waals surface area contributed by atoms with Crippen LogP contribution in [-0.4, -0.2) is 48.8 Å².